The van der Waals surface area contributed by atoms with Gasteiger partial charge < -0.3 is 10.1 Å². The Morgan fingerprint density at radius 2 is 1.44 bits per heavy atom. The predicted molar refractivity (Wildman–Crippen MR) is 136 cm³/mol. The average molecular weight is 485 g/mol. The van der Waals surface area contributed by atoms with Crippen LogP contribution in [0.15, 0.2) is 60.7 Å². The number of nitrogens with zero attached hydrogens (tertiary/aromatic N) is 1. The second-order valence-corrected chi connectivity index (χ2v) is 11.4. The molecule has 2 bridgehead atoms. The Hall–Kier alpha value is -3.41. The molecule has 6 heteroatoms. The summed E-state index contributed by atoms with van der Waals surface area (Å²) >= 11 is 0. The monoisotopic (exact) mass is 484 g/mol. The average Bonchev–Trinajstić information content (AvgIpc) is 3.66. The maximum atomic E-state index is 13.1. The van der Waals surface area contributed by atoms with E-state index in [0.717, 1.165) is 18.6 Å². The van der Waals surface area contributed by atoms with Crippen LogP contribution in [0.5, 0.6) is 11.5 Å². The normalized spacial score (nSPS) is 29.7. The van der Waals surface area contributed by atoms with Crippen molar-refractivity contribution in [1.82, 2.24) is 4.90 Å². The van der Waals surface area contributed by atoms with Gasteiger partial charge in [-0.2, -0.15) is 0 Å². The Labute approximate surface area is 211 Å². The van der Waals surface area contributed by atoms with Crippen LogP contribution in [0.4, 0.5) is 5.69 Å². The van der Waals surface area contributed by atoms with Crippen LogP contribution in [-0.4, -0.2) is 29.2 Å². The topological polar surface area (TPSA) is 75.7 Å². The predicted octanol–water partition coefficient (Wildman–Crippen LogP) is 5.16. The molecule has 5 aliphatic rings. The van der Waals surface area contributed by atoms with Gasteiger partial charge in [-0.1, -0.05) is 45.1 Å². The van der Waals surface area contributed by atoms with Crippen LogP contribution in [0.2, 0.25) is 0 Å². The lowest BCUT2D eigenvalue weighted by molar-refractivity contribution is -0.142. The summed E-state index contributed by atoms with van der Waals surface area (Å²) in [6, 6.07) is 15.2. The van der Waals surface area contributed by atoms with Crippen molar-refractivity contribution in [3.05, 3.63) is 66.2 Å². The molecule has 7 rings (SSSR count). The minimum atomic E-state index is -0.372. The quantitative estimate of drug-likeness (QED) is 0.435. The summed E-state index contributed by atoms with van der Waals surface area (Å²) in [6.45, 7) is 6.39. The number of ether oxygens (including phenoxy) is 1. The van der Waals surface area contributed by atoms with E-state index in [9.17, 15) is 14.4 Å². The summed E-state index contributed by atoms with van der Waals surface area (Å²) in [7, 11) is 0. The smallest absolute Gasteiger partial charge is 0.244 e. The molecule has 2 saturated carbocycles. The first-order valence-corrected chi connectivity index (χ1v) is 13.0. The molecule has 1 heterocycles. The molecular formula is C30H32N2O4. The summed E-state index contributed by atoms with van der Waals surface area (Å²) in [5, 5.41) is 2.81. The maximum absolute atomic E-state index is 13.1. The Bertz CT molecular complexity index is 1210. The fraction of sp³-hybridized carbons (Fsp3) is 0.433. The summed E-state index contributed by atoms with van der Waals surface area (Å²) in [5.41, 5.74) is 1.98. The van der Waals surface area contributed by atoms with Gasteiger partial charge in [0.05, 0.1) is 11.8 Å². The summed E-state index contributed by atoms with van der Waals surface area (Å²) in [4.78, 5) is 40.1. The van der Waals surface area contributed by atoms with Crippen LogP contribution < -0.4 is 10.1 Å². The molecule has 0 radical (unpaired) electrons. The number of carbonyl (C=O) groups excluding carboxylic acids is 3. The van der Waals surface area contributed by atoms with Crippen molar-refractivity contribution < 1.29 is 19.1 Å². The number of benzene rings is 2. The van der Waals surface area contributed by atoms with Crippen molar-refractivity contribution in [2.75, 3.05) is 11.9 Å². The van der Waals surface area contributed by atoms with Gasteiger partial charge in [0.1, 0.15) is 18.0 Å². The van der Waals surface area contributed by atoms with Gasteiger partial charge >= 0.3 is 0 Å². The highest BCUT2D eigenvalue weighted by Gasteiger charge is 2.67. The number of allylic oxidation sites excluding steroid dienone is 2. The van der Waals surface area contributed by atoms with Gasteiger partial charge in [-0.3, -0.25) is 19.3 Å². The molecule has 1 aliphatic heterocycles. The zero-order valence-electron chi connectivity index (χ0n) is 20.9. The molecule has 1 saturated heterocycles. The van der Waals surface area contributed by atoms with E-state index >= 15 is 0 Å². The number of imide groups is 1. The fourth-order valence-corrected chi connectivity index (χ4v) is 6.44. The number of carbonyl (C=O) groups is 3. The lowest BCUT2D eigenvalue weighted by Gasteiger charge is -2.37. The van der Waals surface area contributed by atoms with Gasteiger partial charge in [-0.15, -0.1) is 0 Å². The SMILES string of the molecule is CCC(C)(C)c1ccc(Oc2ccc(NC(=O)CN3C(=O)C4C5C=CC(C6CC56)C4C3=O)cc2)cc1. The number of hydrogen-bond acceptors (Lipinski definition) is 4. The molecule has 6 unspecified atom stereocenters. The van der Waals surface area contributed by atoms with Gasteiger partial charge in [0.15, 0.2) is 0 Å². The molecule has 0 aromatic heterocycles. The molecule has 2 aromatic carbocycles. The molecule has 4 aliphatic carbocycles. The summed E-state index contributed by atoms with van der Waals surface area (Å²) in [6.07, 6.45) is 6.46. The Morgan fingerprint density at radius 1 is 0.917 bits per heavy atom. The van der Waals surface area contributed by atoms with E-state index in [1.807, 2.05) is 12.1 Å². The van der Waals surface area contributed by atoms with Crippen LogP contribution in [0.25, 0.3) is 0 Å². The van der Waals surface area contributed by atoms with Crippen LogP contribution in [0.3, 0.4) is 0 Å². The minimum absolute atomic E-state index is 0.123. The van der Waals surface area contributed by atoms with Crippen LogP contribution in [-0.2, 0) is 19.8 Å². The van der Waals surface area contributed by atoms with E-state index in [1.54, 1.807) is 24.3 Å². The van der Waals surface area contributed by atoms with Crippen molar-refractivity contribution in [1.29, 1.82) is 0 Å². The van der Waals surface area contributed by atoms with Gasteiger partial charge in [-0.05, 0) is 83.9 Å². The third-order valence-corrected chi connectivity index (χ3v) is 8.95. The Balaban J connectivity index is 1.06. The van der Waals surface area contributed by atoms with E-state index in [0.29, 0.717) is 23.3 Å². The van der Waals surface area contributed by atoms with Crippen molar-refractivity contribution in [3.63, 3.8) is 0 Å². The first kappa shape index (κ1) is 23.0. The number of hydrogen-bond donors (Lipinski definition) is 1. The highest BCUT2D eigenvalue weighted by molar-refractivity contribution is 6.09. The zero-order valence-corrected chi connectivity index (χ0v) is 20.9. The number of anilines is 1. The van der Waals surface area contributed by atoms with E-state index in [2.05, 4.69) is 50.4 Å². The molecule has 6 atom stereocenters. The van der Waals surface area contributed by atoms with Crippen LogP contribution in [0, 0.1) is 35.5 Å². The third-order valence-electron chi connectivity index (χ3n) is 8.95. The van der Waals surface area contributed by atoms with E-state index in [-0.39, 0.29) is 53.4 Å². The van der Waals surface area contributed by atoms with Crippen molar-refractivity contribution >= 4 is 23.4 Å². The second-order valence-electron chi connectivity index (χ2n) is 11.4. The van der Waals surface area contributed by atoms with Crippen LogP contribution >= 0.6 is 0 Å². The van der Waals surface area contributed by atoms with Gasteiger partial charge in [0, 0.05) is 5.69 Å². The highest BCUT2D eigenvalue weighted by atomic mass is 16.5. The Morgan fingerprint density at radius 3 is 1.97 bits per heavy atom. The first-order valence-electron chi connectivity index (χ1n) is 13.0. The molecule has 1 N–H and O–H groups in total. The van der Waals surface area contributed by atoms with Gasteiger partial charge in [0.25, 0.3) is 0 Å². The molecular weight excluding hydrogens is 452 g/mol. The minimum Gasteiger partial charge on any atom is -0.457 e. The van der Waals surface area contributed by atoms with E-state index in [4.69, 9.17) is 4.74 Å². The number of likely N-dealkylation sites (tertiary alicyclic amines) is 1. The van der Waals surface area contributed by atoms with Crippen molar-refractivity contribution in [2.45, 2.75) is 39.0 Å². The molecule has 186 valence electrons. The second kappa shape index (κ2) is 8.32. The van der Waals surface area contributed by atoms with Crippen LogP contribution in [0.1, 0.15) is 39.2 Å². The zero-order chi connectivity index (χ0) is 25.2. The van der Waals surface area contributed by atoms with Crippen molar-refractivity contribution in [2.24, 2.45) is 35.5 Å². The summed E-state index contributed by atoms with van der Waals surface area (Å²) < 4.78 is 5.95. The van der Waals surface area contributed by atoms with Gasteiger partial charge in [0.2, 0.25) is 17.7 Å². The fourth-order valence-electron chi connectivity index (χ4n) is 6.44. The molecule has 0 spiro atoms. The van der Waals surface area contributed by atoms with E-state index in [1.165, 1.54) is 10.5 Å². The third kappa shape index (κ3) is 3.74. The lowest BCUT2D eigenvalue weighted by atomic mass is 9.63. The molecule has 6 nitrogen and oxygen atoms in total. The largest absolute Gasteiger partial charge is 0.457 e. The first-order chi connectivity index (χ1) is 17.3. The molecule has 3 amide bonds. The molecule has 3 fully saturated rings. The molecule has 36 heavy (non-hydrogen) atoms. The van der Waals surface area contributed by atoms with Crippen molar-refractivity contribution in [3.8, 4) is 11.5 Å². The highest BCUT2D eigenvalue weighted by Crippen LogP contribution is 2.65. The van der Waals surface area contributed by atoms with Gasteiger partial charge in [-0.25, -0.2) is 0 Å². The lowest BCUT2D eigenvalue weighted by Crippen LogP contribution is -2.40. The number of rotatable bonds is 7. The molecule has 2 aromatic rings. The summed E-state index contributed by atoms with van der Waals surface area (Å²) in [5.74, 6) is 1.55. The van der Waals surface area contributed by atoms with E-state index < -0.39 is 0 Å². The number of nitrogens with one attached hydrogen (secondary N) is 1. The number of amides is 3. The maximum Gasteiger partial charge on any atom is 0.244 e. The standard InChI is InChI=1S/C30H32N2O4/c1-4-30(2,3)17-5-9-19(10-6-17)36-20-11-7-18(8-12-20)31-25(33)16-32-28(34)26-21-13-14-22(24-15-23(21)24)27(26)29(32)35/h5-14,21-24,26-27H,4,15-16H2,1-3H3,(H,31,33). The Kier molecular flexibility index (Phi) is 5.32.